The lowest BCUT2D eigenvalue weighted by Crippen LogP contribution is -2.46. The molecule has 1 spiro atoms. The predicted molar refractivity (Wildman–Crippen MR) is 196 cm³/mol. The lowest BCUT2D eigenvalue weighted by atomic mass is 9.70. The van der Waals surface area contributed by atoms with Crippen molar-refractivity contribution < 1.29 is 4.58 Å². The van der Waals surface area contributed by atoms with E-state index >= 15 is 0 Å². The maximum atomic E-state index is 8.10. The minimum atomic E-state index is -3.06. The van der Waals surface area contributed by atoms with Crippen LogP contribution in [0.2, 0.25) is 0 Å². The van der Waals surface area contributed by atoms with Crippen LogP contribution in [0.4, 0.5) is 5.69 Å². The van der Waals surface area contributed by atoms with E-state index in [4.69, 9.17) is 22.2 Å². The molecule has 1 saturated carbocycles. The quantitative estimate of drug-likeness (QED) is 0.109. The molecule has 0 radical (unpaired) electrons. The van der Waals surface area contributed by atoms with Crippen molar-refractivity contribution in [3.05, 3.63) is 58.1 Å². The highest BCUT2D eigenvalue weighted by Crippen LogP contribution is 2.58. The van der Waals surface area contributed by atoms with Gasteiger partial charge in [-0.2, -0.15) is 32.0 Å². The molecule has 0 N–H and O–H groups in total. The fraction of sp³-hybridized carbons (Fsp3) is 0.658. The molecule has 0 saturated heterocycles. The van der Waals surface area contributed by atoms with Gasteiger partial charge in [0, 0.05) is 31.4 Å². The summed E-state index contributed by atoms with van der Waals surface area (Å²) >= 11 is 16.2. The van der Waals surface area contributed by atoms with Gasteiger partial charge in [-0.1, -0.05) is 130 Å². The van der Waals surface area contributed by atoms with Gasteiger partial charge in [0.05, 0.1) is 5.41 Å². The predicted octanol–water partition coefficient (Wildman–Crippen LogP) is 12.7. The molecule has 43 heavy (non-hydrogen) atoms. The number of para-hydroxylation sites is 1. The van der Waals surface area contributed by atoms with Crippen molar-refractivity contribution in [3.8, 4) is 0 Å². The van der Waals surface area contributed by atoms with E-state index in [0.717, 1.165) is 14.5 Å². The lowest BCUT2D eigenvalue weighted by molar-refractivity contribution is -0.515. The van der Waals surface area contributed by atoms with Gasteiger partial charge in [-0.3, -0.25) is 0 Å². The second-order valence-corrected chi connectivity index (χ2v) is 26.2. The Balaban J connectivity index is 2.09. The summed E-state index contributed by atoms with van der Waals surface area (Å²) in [6, 6.07) is 11.9. The summed E-state index contributed by atoms with van der Waals surface area (Å²) in [6.07, 6.45) is 4.32. The number of rotatable bonds is 9. The van der Waals surface area contributed by atoms with Crippen molar-refractivity contribution in [2.24, 2.45) is 5.41 Å². The van der Waals surface area contributed by atoms with Crippen LogP contribution in [0, 0.1) is 5.41 Å². The molecule has 0 bridgehead atoms. The maximum Gasteiger partial charge on any atom is 0.213 e. The number of hydrogen-bond acceptors (Lipinski definition) is 0. The summed E-state index contributed by atoms with van der Waals surface area (Å²) in [4.78, 5) is 0. The van der Waals surface area contributed by atoms with E-state index in [1.165, 1.54) is 76.2 Å². The van der Waals surface area contributed by atoms with Gasteiger partial charge in [-0.25, -0.2) is 0 Å². The summed E-state index contributed by atoms with van der Waals surface area (Å²) in [5, 5.41) is 2.80. The second kappa shape index (κ2) is 13.2. The molecule has 0 amide bonds. The second-order valence-electron chi connectivity index (χ2n) is 15.8. The van der Waals surface area contributed by atoms with Gasteiger partial charge in [0.25, 0.3) is 0 Å². The zero-order valence-corrected chi connectivity index (χ0v) is 32.6. The summed E-state index contributed by atoms with van der Waals surface area (Å²) < 4.78 is 2.74. The Kier molecular flexibility index (Phi) is 10.8. The van der Waals surface area contributed by atoms with E-state index in [-0.39, 0.29) is 11.0 Å². The summed E-state index contributed by atoms with van der Waals surface area (Å²) in [5.41, 5.74) is 8.53. The van der Waals surface area contributed by atoms with E-state index < -0.39 is 6.36 Å². The van der Waals surface area contributed by atoms with Crippen molar-refractivity contribution in [1.29, 1.82) is 0 Å². The molecular formula is C38H58Cl2NPSi. The molecule has 4 rings (SSSR count). The third kappa shape index (κ3) is 6.89. The molecule has 1 fully saturated rings. The van der Waals surface area contributed by atoms with Gasteiger partial charge in [0.1, 0.15) is 5.33 Å². The van der Waals surface area contributed by atoms with E-state index in [2.05, 4.69) is 118 Å². The van der Waals surface area contributed by atoms with Crippen molar-refractivity contribution in [3.63, 3.8) is 0 Å². The Hall–Kier alpha value is -0.663. The van der Waals surface area contributed by atoms with E-state index in [9.17, 15) is 0 Å². The van der Waals surface area contributed by atoms with Crippen LogP contribution in [0.3, 0.4) is 0 Å². The van der Waals surface area contributed by atoms with Crippen molar-refractivity contribution in [2.75, 3.05) is 0 Å². The first kappa shape index (κ1) is 35.2. The molecule has 0 aromatic heterocycles. The Bertz CT molecular complexity index is 1290. The molecule has 1 heterocycles. The van der Waals surface area contributed by atoms with Crippen molar-refractivity contribution >= 4 is 53.0 Å². The summed E-state index contributed by atoms with van der Waals surface area (Å²) in [6.45, 7) is 28.2. The molecule has 2 aromatic carbocycles. The van der Waals surface area contributed by atoms with Crippen LogP contribution in [0.25, 0.3) is 0 Å². The number of halogens is 2. The Labute approximate surface area is 276 Å². The van der Waals surface area contributed by atoms with Crippen molar-refractivity contribution in [2.45, 2.75) is 157 Å². The molecule has 0 unspecified atom stereocenters. The van der Waals surface area contributed by atoms with Crippen LogP contribution >= 0.6 is 30.3 Å². The van der Waals surface area contributed by atoms with Crippen LogP contribution in [-0.2, 0) is 0 Å². The third-order valence-electron chi connectivity index (χ3n) is 10.1. The Morgan fingerprint density at radius 1 is 0.698 bits per heavy atom. The molecule has 0 atom stereocenters. The van der Waals surface area contributed by atoms with Crippen LogP contribution < -0.4 is 5.30 Å². The van der Waals surface area contributed by atoms with Gasteiger partial charge in [0.15, 0.2) is 5.54 Å². The highest BCUT2D eigenvalue weighted by atomic mass is 35.7. The van der Waals surface area contributed by atoms with Gasteiger partial charge in [0.2, 0.25) is 12.0 Å². The highest BCUT2D eigenvalue weighted by molar-refractivity contribution is 8.10. The SMILES string of the molecule is CC(C)c1cc(C(C)C)c([P-][Si](Cl)(Cl)C2=[N+](c3c(C(C)C)cccc3C(C)C)C(C)(C)CC23CCCCC3)c(C(C)C)c1. The average Bonchev–Trinajstić information content (AvgIpc) is 3.13. The largest absolute Gasteiger partial charge is 0.463 e. The maximum absolute atomic E-state index is 8.10. The van der Waals surface area contributed by atoms with Crippen molar-refractivity contribution in [1.82, 2.24) is 0 Å². The zero-order chi connectivity index (χ0) is 32.1. The molecular weight excluding hydrogens is 600 g/mol. The van der Waals surface area contributed by atoms with Gasteiger partial charge >= 0.3 is 0 Å². The van der Waals surface area contributed by atoms with Gasteiger partial charge < -0.3 is 8.13 Å². The number of benzene rings is 2. The minimum Gasteiger partial charge on any atom is -0.463 e. The van der Waals surface area contributed by atoms with E-state index in [1.54, 1.807) is 0 Å². The molecule has 5 heteroatoms. The van der Waals surface area contributed by atoms with Gasteiger partial charge in [-0.15, -0.1) is 0 Å². The number of nitrogens with zero attached hydrogens (tertiary/aromatic N) is 1. The standard InChI is InChI=1S/C38H58Cl2NPSi/c1-24(2)29-21-32(27(7)8)35(33(22-29)28(9)10)42-43(39,40)36-38(19-14-13-15-20-38)23-37(11,12)41(36)34-30(25(3)4)17-16-18-31(34)26(5)6/h16-18,21-22,24-28H,13-15,19-20,23H2,1-12H3. The van der Waals surface area contributed by atoms with Crippen LogP contribution in [0.15, 0.2) is 30.3 Å². The first-order valence-corrected chi connectivity index (χ1v) is 22.8. The highest BCUT2D eigenvalue weighted by Gasteiger charge is 2.61. The van der Waals surface area contributed by atoms with Crippen LogP contribution in [0.1, 0.15) is 179 Å². The molecule has 1 aliphatic heterocycles. The monoisotopic (exact) mass is 657 g/mol. The van der Waals surface area contributed by atoms with E-state index in [1.807, 2.05) is 0 Å². The molecule has 2 aliphatic rings. The zero-order valence-electron chi connectivity index (χ0n) is 29.2. The smallest absolute Gasteiger partial charge is 0.213 e. The molecule has 1 aliphatic carbocycles. The van der Waals surface area contributed by atoms with Crippen LogP contribution in [-0.4, -0.2) is 21.8 Å². The normalized spacial score (nSPS) is 19.1. The summed E-state index contributed by atoms with van der Waals surface area (Å²) in [7, 11) is 1.14. The minimum absolute atomic E-state index is 0.0661. The fourth-order valence-electron chi connectivity index (χ4n) is 8.05. The molecule has 2 aromatic rings. The number of hydrogen-bond donors (Lipinski definition) is 0. The fourth-order valence-corrected chi connectivity index (χ4v) is 17.2. The van der Waals surface area contributed by atoms with E-state index in [0.29, 0.717) is 29.6 Å². The van der Waals surface area contributed by atoms with Crippen LogP contribution in [0.5, 0.6) is 0 Å². The average molecular weight is 659 g/mol. The molecule has 1 nitrogen and oxygen atoms in total. The Morgan fingerprint density at radius 2 is 1.16 bits per heavy atom. The lowest BCUT2D eigenvalue weighted by Gasteiger charge is -2.42. The van der Waals surface area contributed by atoms with Gasteiger partial charge in [-0.05, 0) is 48.0 Å². The molecule has 238 valence electrons. The Morgan fingerprint density at radius 3 is 1.58 bits per heavy atom. The first-order chi connectivity index (χ1) is 19.9. The third-order valence-corrected chi connectivity index (χ3v) is 17.2. The summed E-state index contributed by atoms with van der Waals surface area (Å²) in [5.74, 6) is 2.14. The topological polar surface area (TPSA) is 3.01 Å². The first-order valence-electron chi connectivity index (χ1n) is 17.0.